The Morgan fingerprint density at radius 3 is 2.28 bits per heavy atom. The topological polar surface area (TPSA) is 70.2 Å². The second-order valence-electron chi connectivity index (χ2n) is 4.23. The maximum absolute atomic E-state index is 11.7. The van der Waals surface area contributed by atoms with Crippen molar-refractivity contribution in [3.8, 4) is 0 Å². The summed E-state index contributed by atoms with van der Waals surface area (Å²) in [5, 5.41) is 8.24. The van der Waals surface area contributed by atoms with Gasteiger partial charge in [0.2, 0.25) is 5.91 Å². The summed E-state index contributed by atoms with van der Waals surface area (Å²) in [6, 6.07) is 7.11. The molecule has 0 atom stereocenters. The summed E-state index contributed by atoms with van der Waals surface area (Å²) in [5.41, 5.74) is 1.47. The molecule has 0 fully saturated rings. The molecule has 0 saturated heterocycles. The third kappa shape index (κ3) is 4.45. The van der Waals surface area contributed by atoms with E-state index in [1.54, 1.807) is 12.1 Å². The first kappa shape index (κ1) is 14.0. The molecule has 0 unspecified atom stereocenters. The molecule has 0 aromatic heterocycles. The Morgan fingerprint density at radius 1 is 1.17 bits per heavy atom. The summed E-state index contributed by atoms with van der Waals surface area (Å²) < 4.78 is 0. The molecule has 1 aromatic carbocycles. The van der Waals surface area contributed by atoms with Crippen molar-refractivity contribution in [2.24, 2.45) is 0 Å². The first-order chi connectivity index (χ1) is 8.52. The van der Waals surface area contributed by atoms with E-state index in [2.05, 4.69) is 16.0 Å². The Labute approximate surface area is 107 Å². The predicted molar refractivity (Wildman–Crippen MR) is 71.6 cm³/mol. The number of hydrogen-bond acceptors (Lipinski definition) is 3. The van der Waals surface area contributed by atoms with Crippen molar-refractivity contribution in [2.45, 2.75) is 19.9 Å². The van der Waals surface area contributed by atoms with Crippen LogP contribution in [0.5, 0.6) is 0 Å². The minimum Gasteiger partial charge on any atom is -0.388 e. The molecule has 0 heterocycles. The predicted octanol–water partition coefficient (Wildman–Crippen LogP) is 0.983. The zero-order valence-corrected chi connectivity index (χ0v) is 10.9. The summed E-state index contributed by atoms with van der Waals surface area (Å²) >= 11 is 0. The van der Waals surface area contributed by atoms with Crippen LogP contribution in [0.25, 0.3) is 0 Å². The SMILES string of the molecule is CNc1ccc(C(=O)NCC(=O)NC(C)C)cc1. The van der Waals surface area contributed by atoms with Crippen LogP contribution in [-0.2, 0) is 4.79 Å². The van der Waals surface area contributed by atoms with E-state index < -0.39 is 0 Å². The number of nitrogens with one attached hydrogen (secondary N) is 3. The van der Waals surface area contributed by atoms with E-state index in [-0.39, 0.29) is 24.4 Å². The molecule has 0 aliphatic heterocycles. The standard InChI is InChI=1S/C13H19N3O2/c1-9(2)16-12(17)8-15-13(18)10-4-6-11(14-3)7-5-10/h4-7,9,14H,8H2,1-3H3,(H,15,18)(H,16,17). The summed E-state index contributed by atoms with van der Waals surface area (Å²) in [6.07, 6.45) is 0. The van der Waals surface area contributed by atoms with Crippen molar-refractivity contribution in [3.05, 3.63) is 29.8 Å². The second kappa shape index (κ2) is 6.64. The van der Waals surface area contributed by atoms with Gasteiger partial charge in [-0.1, -0.05) is 0 Å². The number of hydrogen-bond donors (Lipinski definition) is 3. The highest BCUT2D eigenvalue weighted by Crippen LogP contribution is 2.08. The molecule has 18 heavy (non-hydrogen) atoms. The molecule has 0 aliphatic rings. The highest BCUT2D eigenvalue weighted by Gasteiger charge is 2.08. The lowest BCUT2D eigenvalue weighted by atomic mass is 10.2. The van der Waals surface area contributed by atoms with E-state index in [0.717, 1.165) is 5.69 Å². The van der Waals surface area contributed by atoms with Gasteiger partial charge in [-0.2, -0.15) is 0 Å². The van der Waals surface area contributed by atoms with Gasteiger partial charge in [-0.3, -0.25) is 9.59 Å². The summed E-state index contributed by atoms with van der Waals surface area (Å²) in [5.74, 6) is -0.443. The van der Waals surface area contributed by atoms with Gasteiger partial charge >= 0.3 is 0 Å². The lowest BCUT2D eigenvalue weighted by Gasteiger charge is -2.09. The van der Waals surface area contributed by atoms with Crippen LogP contribution in [0.3, 0.4) is 0 Å². The van der Waals surface area contributed by atoms with Crippen LogP contribution < -0.4 is 16.0 Å². The molecule has 0 aliphatic carbocycles. The van der Waals surface area contributed by atoms with E-state index in [1.807, 2.05) is 33.0 Å². The molecule has 0 spiro atoms. The van der Waals surface area contributed by atoms with Gasteiger partial charge in [0.1, 0.15) is 0 Å². The van der Waals surface area contributed by atoms with Gasteiger partial charge in [0, 0.05) is 24.3 Å². The molecule has 5 nitrogen and oxygen atoms in total. The number of carbonyl (C=O) groups is 2. The van der Waals surface area contributed by atoms with E-state index in [4.69, 9.17) is 0 Å². The Bertz CT molecular complexity index is 413. The van der Waals surface area contributed by atoms with Crippen LogP contribution >= 0.6 is 0 Å². The van der Waals surface area contributed by atoms with Gasteiger partial charge in [0.05, 0.1) is 6.54 Å². The molecule has 0 radical (unpaired) electrons. The molecule has 2 amide bonds. The average Bonchev–Trinajstić information content (AvgIpc) is 2.35. The van der Waals surface area contributed by atoms with Crippen LogP contribution in [-0.4, -0.2) is 31.4 Å². The van der Waals surface area contributed by atoms with Crippen LogP contribution in [0.2, 0.25) is 0 Å². The first-order valence-electron chi connectivity index (χ1n) is 5.88. The molecule has 1 aromatic rings. The summed E-state index contributed by atoms with van der Waals surface area (Å²) in [7, 11) is 1.81. The minimum atomic E-state index is -0.253. The summed E-state index contributed by atoms with van der Waals surface area (Å²) in [6.45, 7) is 3.73. The number of carbonyl (C=O) groups excluding carboxylic acids is 2. The van der Waals surface area contributed by atoms with Gasteiger partial charge in [-0.15, -0.1) is 0 Å². The zero-order chi connectivity index (χ0) is 13.5. The Kier molecular flexibility index (Phi) is 5.17. The van der Waals surface area contributed by atoms with Crippen molar-refractivity contribution in [2.75, 3.05) is 18.9 Å². The van der Waals surface area contributed by atoms with E-state index in [9.17, 15) is 9.59 Å². The maximum atomic E-state index is 11.7. The minimum absolute atomic E-state index is 0.00913. The monoisotopic (exact) mass is 249 g/mol. The lowest BCUT2D eigenvalue weighted by Crippen LogP contribution is -2.39. The third-order valence-electron chi connectivity index (χ3n) is 2.29. The summed E-state index contributed by atoms with van der Waals surface area (Å²) in [4.78, 5) is 23.1. The second-order valence-corrected chi connectivity index (χ2v) is 4.23. The number of amides is 2. The maximum Gasteiger partial charge on any atom is 0.251 e. The first-order valence-corrected chi connectivity index (χ1v) is 5.88. The highest BCUT2D eigenvalue weighted by molar-refractivity contribution is 5.96. The van der Waals surface area contributed by atoms with Crippen LogP contribution in [0.1, 0.15) is 24.2 Å². The molecule has 0 saturated carbocycles. The lowest BCUT2D eigenvalue weighted by molar-refractivity contribution is -0.120. The van der Waals surface area contributed by atoms with Crippen molar-refractivity contribution in [1.29, 1.82) is 0 Å². The number of rotatable bonds is 5. The van der Waals surface area contributed by atoms with Gasteiger partial charge in [0.25, 0.3) is 5.91 Å². The zero-order valence-electron chi connectivity index (χ0n) is 10.9. The molecular weight excluding hydrogens is 230 g/mol. The molecular formula is C13H19N3O2. The molecule has 98 valence electrons. The van der Waals surface area contributed by atoms with Gasteiger partial charge in [-0.25, -0.2) is 0 Å². The van der Waals surface area contributed by atoms with Gasteiger partial charge in [-0.05, 0) is 38.1 Å². The van der Waals surface area contributed by atoms with E-state index in [1.165, 1.54) is 0 Å². The molecule has 0 bridgehead atoms. The normalized spacial score (nSPS) is 10.0. The van der Waals surface area contributed by atoms with E-state index >= 15 is 0 Å². The number of benzene rings is 1. The van der Waals surface area contributed by atoms with Gasteiger partial charge < -0.3 is 16.0 Å². The molecule has 3 N–H and O–H groups in total. The fourth-order valence-electron chi connectivity index (χ4n) is 1.42. The smallest absolute Gasteiger partial charge is 0.251 e. The van der Waals surface area contributed by atoms with Gasteiger partial charge in [0.15, 0.2) is 0 Å². The highest BCUT2D eigenvalue weighted by atomic mass is 16.2. The van der Waals surface area contributed by atoms with E-state index in [0.29, 0.717) is 5.56 Å². The Hall–Kier alpha value is -2.04. The molecule has 1 rings (SSSR count). The molecule has 5 heteroatoms. The quantitative estimate of drug-likeness (QED) is 0.728. The van der Waals surface area contributed by atoms with Crippen molar-refractivity contribution < 1.29 is 9.59 Å². The third-order valence-corrected chi connectivity index (χ3v) is 2.29. The number of anilines is 1. The van der Waals surface area contributed by atoms with Crippen LogP contribution in [0, 0.1) is 0 Å². The fourth-order valence-corrected chi connectivity index (χ4v) is 1.42. The Morgan fingerprint density at radius 2 is 1.78 bits per heavy atom. The largest absolute Gasteiger partial charge is 0.388 e. The Balaban J connectivity index is 2.47. The van der Waals surface area contributed by atoms with Crippen LogP contribution in [0.4, 0.5) is 5.69 Å². The average molecular weight is 249 g/mol. The van der Waals surface area contributed by atoms with Crippen molar-refractivity contribution in [1.82, 2.24) is 10.6 Å². The van der Waals surface area contributed by atoms with Crippen molar-refractivity contribution >= 4 is 17.5 Å². The van der Waals surface area contributed by atoms with Crippen LogP contribution in [0.15, 0.2) is 24.3 Å². The fraction of sp³-hybridized carbons (Fsp3) is 0.385. The van der Waals surface area contributed by atoms with Crippen molar-refractivity contribution in [3.63, 3.8) is 0 Å².